The summed E-state index contributed by atoms with van der Waals surface area (Å²) in [6.07, 6.45) is 2.83. The SMILES string of the molecule is CCN=CC1CN(C)CCC1=N. The number of nitrogens with zero attached hydrogens (tertiary/aromatic N) is 2. The molecule has 3 heteroatoms. The van der Waals surface area contributed by atoms with Crippen molar-refractivity contribution in [2.24, 2.45) is 10.9 Å². The van der Waals surface area contributed by atoms with Gasteiger partial charge in [-0.25, -0.2) is 0 Å². The number of hydrogen-bond donors (Lipinski definition) is 1. The molecule has 0 amide bonds. The molecule has 0 aromatic carbocycles. The zero-order valence-corrected chi connectivity index (χ0v) is 7.88. The van der Waals surface area contributed by atoms with Crippen LogP contribution in [0.1, 0.15) is 13.3 Å². The number of aliphatic imine (C=N–C) groups is 1. The van der Waals surface area contributed by atoms with E-state index in [-0.39, 0.29) is 5.92 Å². The van der Waals surface area contributed by atoms with Gasteiger partial charge in [0.05, 0.1) is 0 Å². The second-order valence-corrected chi connectivity index (χ2v) is 3.29. The molecule has 1 saturated heterocycles. The maximum absolute atomic E-state index is 7.70. The van der Waals surface area contributed by atoms with Crippen LogP contribution in [0.2, 0.25) is 0 Å². The van der Waals surface area contributed by atoms with E-state index >= 15 is 0 Å². The van der Waals surface area contributed by atoms with Gasteiger partial charge in [-0.2, -0.15) is 0 Å². The van der Waals surface area contributed by atoms with Crippen LogP contribution in [0.4, 0.5) is 0 Å². The third-order valence-corrected chi connectivity index (χ3v) is 2.19. The molecular formula is C9H17N3. The lowest BCUT2D eigenvalue weighted by Gasteiger charge is -2.27. The summed E-state index contributed by atoms with van der Waals surface area (Å²) < 4.78 is 0. The van der Waals surface area contributed by atoms with Crippen LogP contribution >= 0.6 is 0 Å². The molecule has 0 aliphatic carbocycles. The van der Waals surface area contributed by atoms with Crippen molar-refractivity contribution in [3.8, 4) is 0 Å². The van der Waals surface area contributed by atoms with Crippen molar-refractivity contribution in [2.45, 2.75) is 13.3 Å². The number of nitrogens with one attached hydrogen (secondary N) is 1. The van der Waals surface area contributed by atoms with Crippen LogP contribution in [0.3, 0.4) is 0 Å². The predicted molar refractivity (Wildman–Crippen MR) is 52.4 cm³/mol. The Labute approximate surface area is 74.0 Å². The Kier molecular flexibility index (Phi) is 3.41. The summed E-state index contributed by atoms with van der Waals surface area (Å²) in [5, 5.41) is 7.70. The van der Waals surface area contributed by atoms with Gasteiger partial charge in [-0.15, -0.1) is 0 Å². The first-order valence-electron chi connectivity index (χ1n) is 4.50. The molecule has 1 N–H and O–H groups in total. The average Bonchev–Trinajstić information content (AvgIpc) is 2.07. The van der Waals surface area contributed by atoms with Gasteiger partial charge < -0.3 is 10.3 Å². The van der Waals surface area contributed by atoms with Crippen LogP contribution < -0.4 is 0 Å². The van der Waals surface area contributed by atoms with Crippen molar-refractivity contribution < 1.29 is 0 Å². The zero-order valence-electron chi connectivity index (χ0n) is 7.88. The van der Waals surface area contributed by atoms with Gasteiger partial charge in [-0.3, -0.25) is 4.99 Å². The first-order valence-corrected chi connectivity index (χ1v) is 4.50. The van der Waals surface area contributed by atoms with E-state index in [9.17, 15) is 0 Å². The van der Waals surface area contributed by atoms with Gasteiger partial charge in [0, 0.05) is 37.5 Å². The summed E-state index contributed by atoms with van der Waals surface area (Å²) in [5.41, 5.74) is 0.838. The zero-order chi connectivity index (χ0) is 8.97. The van der Waals surface area contributed by atoms with E-state index in [2.05, 4.69) is 16.9 Å². The maximum atomic E-state index is 7.70. The second kappa shape index (κ2) is 4.36. The van der Waals surface area contributed by atoms with Crippen LogP contribution in [0.15, 0.2) is 4.99 Å². The molecule has 1 unspecified atom stereocenters. The van der Waals surface area contributed by atoms with Crippen LogP contribution in [0, 0.1) is 11.3 Å². The minimum Gasteiger partial charge on any atom is -0.309 e. The number of hydrogen-bond acceptors (Lipinski definition) is 3. The van der Waals surface area contributed by atoms with Gasteiger partial charge in [0.25, 0.3) is 0 Å². The quantitative estimate of drug-likeness (QED) is 0.613. The monoisotopic (exact) mass is 167 g/mol. The Balaban J connectivity index is 2.49. The van der Waals surface area contributed by atoms with Crippen molar-refractivity contribution in [1.29, 1.82) is 5.41 Å². The topological polar surface area (TPSA) is 39.5 Å². The fraction of sp³-hybridized carbons (Fsp3) is 0.778. The van der Waals surface area contributed by atoms with E-state index in [1.54, 1.807) is 0 Å². The molecule has 0 radical (unpaired) electrons. The van der Waals surface area contributed by atoms with E-state index in [4.69, 9.17) is 5.41 Å². The fourth-order valence-electron chi connectivity index (χ4n) is 1.40. The molecule has 1 heterocycles. The highest BCUT2D eigenvalue weighted by atomic mass is 15.1. The van der Waals surface area contributed by atoms with Crippen LogP contribution in [0.5, 0.6) is 0 Å². The summed E-state index contributed by atoms with van der Waals surface area (Å²) in [6.45, 7) is 4.83. The molecule has 0 spiro atoms. The van der Waals surface area contributed by atoms with Gasteiger partial charge in [-0.1, -0.05) is 0 Å². The van der Waals surface area contributed by atoms with Crippen molar-refractivity contribution in [3.05, 3.63) is 0 Å². The molecule has 1 fully saturated rings. The van der Waals surface area contributed by atoms with Crippen LogP contribution in [-0.4, -0.2) is 43.5 Å². The largest absolute Gasteiger partial charge is 0.309 e. The third-order valence-electron chi connectivity index (χ3n) is 2.19. The molecule has 68 valence electrons. The molecule has 0 aromatic rings. The lowest BCUT2D eigenvalue weighted by Crippen LogP contribution is -2.38. The van der Waals surface area contributed by atoms with Gasteiger partial charge in [-0.05, 0) is 20.4 Å². The highest BCUT2D eigenvalue weighted by Crippen LogP contribution is 2.09. The molecule has 0 bridgehead atoms. The molecule has 1 aliphatic rings. The smallest absolute Gasteiger partial charge is 0.0443 e. The molecule has 0 aromatic heterocycles. The standard InChI is InChI=1S/C9H17N3/c1-3-11-6-8-7-12(2)5-4-9(8)10/h6,8,10H,3-5,7H2,1-2H3. The Morgan fingerprint density at radius 1 is 1.75 bits per heavy atom. The van der Waals surface area contributed by atoms with Gasteiger partial charge in [0.1, 0.15) is 0 Å². The molecule has 1 rings (SSSR count). The first kappa shape index (κ1) is 9.39. The minimum atomic E-state index is 0.267. The van der Waals surface area contributed by atoms with E-state index in [0.717, 1.165) is 31.8 Å². The molecule has 12 heavy (non-hydrogen) atoms. The number of likely N-dealkylation sites (tertiary alicyclic amines) is 1. The lowest BCUT2D eigenvalue weighted by molar-refractivity contribution is 0.317. The van der Waals surface area contributed by atoms with Gasteiger partial charge in [0.15, 0.2) is 0 Å². The summed E-state index contributed by atoms with van der Waals surface area (Å²) in [5.74, 6) is 0.267. The minimum absolute atomic E-state index is 0.267. The van der Waals surface area contributed by atoms with Crippen molar-refractivity contribution in [2.75, 3.05) is 26.7 Å². The predicted octanol–water partition coefficient (Wildman–Crippen LogP) is 1.05. The highest BCUT2D eigenvalue weighted by Gasteiger charge is 2.19. The highest BCUT2D eigenvalue weighted by molar-refractivity contribution is 5.97. The third kappa shape index (κ3) is 2.41. The van der Waals surface area contributed by atoms with Gasteiger partial charge >= 0.3 is 0 Å². The molecule has 0 saturated carbocycles. The van der Waals surface area contributed by atoms with E-state index in [0.29, 0.717) is 0 Å². The Hall–Kier alpha value is -0.700. The summed E-state index contributed by atoms with van der Waals surface area (Å²) in [7, 11) is 2.10. The van der Waals surface area contributed by atoms with Crippen LogP contribution in [-0.2, 0) is 0 Å². The molecule has 1 aliphatic heterocycles. The normalized spacial score (nSPS) is 26.8. The van der Waals surface area contributed by atoms with Crippen LogP contribution in [0.25, 0.3) is 0 Å². The number of piperidine rings is 1. The second-order valence-electron chi connectivity index (χ2n) is 3.29. The van der Waals surface area contributed by atoms with Gasteiger partial charge in [0.2, 0.25) is 0 Å². The number of rotatable bonds is 2. The lowest BCUT2D eigenvalue weighted by atomic mass is 9.97. The van der Waals surface area contributed by atoms with E-state index < -0.39 is 0 Å². The van der Waals surface area contributed by atoms with E-state index in [1.165, 1.54) is 0 Å². The Bertz CT molecular complexity index is 186. The van der Waals surface area contributed by atoms with Crippen molar-refractivity contribution >= 4 is 11.9 Å². The molecule has 3 nitrogen and oxygen atoms in total. The fourth-order valence-corrected chi connectivity index (χ4v) is 1.40. The molecular weight excluding hydrogens is 150 g/mol. The average molecular weight is 167 g/mol. The van der Waals surface area contributed by atoms with Crippen molar-refractivity contribution in [1.82, 2.24) is 4.90 Å². The van der Waals surface area contributed by atoms with Crippen molar-refractivity contribution in [3.63, 3.8) is 0 Å². The molecule has 1 atom stereocenters. The Morgan fingerprint density at radius 3 is 3.17 bits per heavy atom. The first-order chi connectivity index (χ1) is 5.74. The summed E-state index contributed by atoms with van der Waals surface area (Å²) in [6, 6.07) is 0. The maximum Gasteiger partial charge on any atom is 0.0443 e. The summed E-state index contributed by atoms with van der Waals surface area (Å²) >= 11 is 0. The van der Waals surface area contributed by atoms with E-state index in [1.807, 2.05) is 13.1 Å². The Morgan fingerprint density at radius 2 is 2.50 bits per heavy atom. The summed E-state index contributed by atoms with van der Waals surface area (Å²) in [4.78, 5) is 6.44.